The minimum Gasteiger partial charge on any atom is -0.493 e. The number of hydrogen-bond acceptors (Lipinski definition) is 3. The molecule has 0 saturated heterocycles. The predicted molar refractivity (Wildman–Crippen MR) is 84.7 cm³/mol. The topological polar surface area (TPSA) is 35.5 Å². The first-order chi connectivity index (χ1) is 9.61. The number of carbonyl (C=O) groups excluding carboxylic acids is 1. The molecule has 2 aromatic carbocycles. The molecular weight excluding hydrogens is 388 g/mol. The molecule has 0 unspecified atom stereocenters. The molecule has 0 aromatic heterocycles. The third-order valence-electron chi connectivity index (χ3n) is 2.66. The standard InChI is InChI=1S/C15H12Br2O3/c1-19-14-4-2-3-12(17)15(14)20-9-13(18)10-5-7-11(16)8-6-10/h2-8H,9H2,1H3. The van der Waals surface area contributed by atoms with Crippen molar-refractivity contribution in [2.24, 2.45) is 0 Å². The summed E-state index contributed by atoms with van der Waals surface area (Å²) >= 11 is 6.71. The number of ketones is 1. The van der Waals surface area contributed by atoms with Crippen LogP contribution in [0.2, 0.25) is 0 Å². The number of hydrogen-bond donors (Lipinski definition) is 0. The van der Waals surface area contributed by atoms with Crippen LogP contribution >= 0.6 is 31.9 Å². The maximum absolute atomic E-state index is 12.0. The first-order valence-electron chi connectivity index (χ1n) is 5.86. The monoisotopic (exact) mass is 398 g/mol. The Morgan fingerprint density at radius 3 is 2.45 bits per heavy atom. The molecule has 0 aliphatic heterocycles. The maximum atomic E-state index is 12.0. The molecule has 0 saturated carbocycles. The summed E-state index contributed by atoms with van der Waals surface area (Å²) in [6.45, 7) is -0.0411. The normalized spacial score (nSPS) is 10.2. The first-order valence-corrected chi connectivity index (χ1v) is 7.44. The second-order valence-corrected chi connectivity index (χ2v) is 5.76. The summed E-state index contributed by atoms with van der Waals surface area (Å²) in [6, 6.07) is 12.6. The number of para-hydroxylation sites is 1. The molecule has 104 valence electrons. The number of Topliss-reactive ketones (excluding diaryl/α,β-unsaturated/α-hetero) is 1. The van der Waals surface area contributed by atoms with Crippen LogP contribution in [0, 0.1) is 0 Å². The summed E-state index contributed by atoms with van der Waals surface area (Å²) < 4.78 is 12.5. The lowest BCUT2D eigenvalue weighted by molar-refractivity contribution is 0.0919. The van der Waals surface area contributed by atoms with Crippen molar-refractivity contribution in [1.82, 2.24) is 0 Å². The van der Waals surface area contributed by atoms with E-state index in [0.717, 1.165) is 8.95 Å². The van der Waals surface area contributed by atoms with Gasteiger partial charge in [0, 0.05) is 10.0 Å². The van der Waals surface area contributed by atoms with Gasteiger partial charge >= 0.3 is 0 Å². The predicted octanol–water partition coefficient (Wildman–Crippen LogP) is 4.48. The Labute approximate surface area is 134 Å². The highest BCUT2D eigenvalue weighted by atomic mass is 79.9. The minimum absolute atomic E-state index is 0.0411. The molecule has 0 amide bonds. The summed E-state index contributed by atoms with van der Waals surface area (Å²) in [5.41, 5.74) is 0.610. The number of methoxy groups -OCH3 is 1. The zero-order chi connectivity index (χ0) is 14.5. The Hall–Kier alpha value is -1.33. The second kappa shape index (κ2) is 6.90. The fourth-order valence-corrected chi connectivity index (χ4v) is 2.37. The Morgan fingerprint density at radius 1 is 1.10 bits per heavy atom. The largest absolute Gasteiger partial charge is 0.493 e. The molecule has 0 atom stereocenters. The van der Waals surface area contributed by atoms with Crippen molar-refractivity contribution < 1.29 is 14.3 Å². The Bertz CT molecular complexity index is 609. The molecule has 0 aliphatic rings. The molecular formula is C15H12Br2O3. The Kier molecular flexibility index (Phi) is 5.20. The van der Waals surface area contributed by atoms with Crippen molar-refractivity contribution in [3.63, 3.8) is 0 Å². The van der Waals surface area contributed by atoms with E-state index in [1.54, 1.807) is 25.3 Å². The number of ether oxygens (including phenoxy) is 2. The minimum atomic E-state index is -0.0877. The van der Waals surface area contributed by atoms with E-state index in [0.29, 0.717) is 17.1 Å². The number of rotatable bonds is 5. The fourth-order valence-electron chi connectivity index (χ4n) is 1.65. The second-order valence-electron chi connectivity index (χ2n) is 3.99. The van der Waals surface area contributed by atoms with Crippen molar-refractivity contribution in [2.45, 2.75) is 0 Å². The number of carbonyl (C=O) groups is 1. The lowest BCUT2D eigenvalue weighted by Gasteiger charge is -2.11. The van der Waals surface area contributed by atoms with Gasteiger partial charge in [-0.05, 0) is 40.2 Å². The van der Waals surface area contributed by atoms with Gasteiger partial charge in [-0.1, -0.05) is 34.1 Å². The van der Waals surface area contributed by atoms with E-state index in [4.69, 9.17) is 9.47 Å². The van der Waals surface area contributed by atoms with Crippen LogP contribution < -0.4 is 9.47 Å². The third-order valence-corrected chi connectivity index (χ3v) is 3.82. The molecule has 5 heteroatoms. The van der Waals surface area contributed by atoms with Gasteiger partial charge in [-0.3, -0.25) is 4.79 Å². The quantitative estimate of drug-likeness (QED) is 0.695. The van der Waals surface area contributed by atoms with E-state index in [1.807, 2.05) is 24.3 Å². The van der Waals surface area contributed by atoms with Gasteiger partial charge in [0.25, 0.3) is 0 Å². The molecule has 0 heterocycles. The van der Waals surface area contributed by atoms with Crippen molar-refractivity contribution in [1.29, 1.82) is 0 Å². The summed E-state index contributed by atoms with van der Waals surface area (Å²) in [4.78, 5) is 12.0. The van der Waals surface area contributed by atoms with Gasteiger partial charge in [0.05, 0.1) is 11.6 Å². The Balaban J connectivity index is 2.09. The summed E-state index contributed by atoms with van der Waals surface area (Å²) in [5.74, 6) is 1.03. The van der Waals surface area contributed by atoms with Gasteiger partial charge in [0.2, 0.25) is 0 Å². The summed E-state index contributed by atoms with van der Waals surface area (Å²) in [5, 5.41) is 0. The van der Waals surface area contributed by atoms with Crippen LogP contribution in [0.3, 0.4) is 0 Å². The molecule has 2 aromatic rings. The van der Waals surface area contributed by atoms with Gasteiger partial charge in [0.15, 0.2) is 23.9 Å². The highest BCUT2D eigenvalue weighted by Crippen LogP contribution is 2.34. The van der Waals surface area contributed by atoms with Gasteiger partial charge < -0.3 is 9.47 Å². The molecule has 2 rings (SSSR count). The molecule has 0 spiro atoms. The van der Waals surface area contributed by atoms with Crippen molar-refractivity contribution in [2.75, 3.05) is 13.7 Å². The molecule has 0 aliphatic carbocycles. The molecule has 0 radical (unpaired) electrons. The zero-order valence-corrected chi connectivity index (χ0v) is 13.9. The van der Waals surface area contributed by atoms with E-state index in [9.17, 15) is 4.79 Å². The van der Waals surface area contributed by atoms with Gasteiger partial charge in [-0.15, -0.1) is 0 Å². The van der Waals surface area contributed by atoms with E-state index >= 15 is 0 Å². The highest BCUT2D eigenvalue weighted by Gasteiger charge is 2.12. The van der Waals surface area contributed by atoms with Crippen LogP contribution in [-0.4, -0.2) is 19.5 Å². The summed E-state index contributed by atoms with van der Waals surface area (Å²) in [7, 11) is 1.56. The SMILES string of the molecule is COc1cccc(Br)c1OCC(=O)c1ccc(Br)cc1. The molecule has 0 N–H and O–H groups in total. The molecule has 0 bridgehead atoms. The van der Waals surface area contributed by atoms with E-state index < -0.39 is 0 Å². The highest BCUT2D eigenvalue weighted by molar-refractivity contribution is 9.10. The Morgan fingerprint density at radius 2 is 1.80 bits per heavy atom. The van der Waals surface area contributed by atoms with Crippen LogP contribution in [0.15, 0.2) is 51.4 Å². The molecule has 20 heavy (non-hydrogen) atoms. The maximum Gasteiger partial charge on any atom is 0.200 e. The van der Waals surface area contributed by atoms with Gasteiger partial charge in [-0.2, -0.15) is 0 Å². The zero-order valence-electron chi connectivity index (χ0n) is 10.7. The molecule has 3 nitrogen and oxygen atoms in total. The van der Waals surface area contributed by atoms with E-state index in [2.05, 4.69) is 31.9 Å². The van der Waals surface area contributed by atoms with Crippen molar-refractivity contribution >= 4 is 37.6 Å². The number of halogens is 2. The van der Waals surface area contributed by atoms with Crippen molar-refractivity contribution in [3.05, 3.63) is 57.0 Å². The van der Waals surface area contributed by atoms with Crippen LogP contribution in [0.5, 0.6) is 11.5 Å². The smallest absolute Gasteiger partial charge is 0.200 e. The van der Waals surface area contributed by atoms with Crippen LogP contribution in [0.4, 0.5) is 0 Å². The lowest BCUT2D eigenvalue weighted by atomic mass is 10.1. The van der Waals surface area contributed by atoms with Gasteiger partial charge in [-0.25, -0.2) is 0 Å². The average Bonchev–Trinajstić information content (AvgIpc) is 2.46. The molecule has 0 fully saturated rings. The third kappa shape index (κ3) is 3.61. The van der Waals surface area contributed by atoms with Crippen molar-refractivity contribution in [3.8, 4) is 11.5 Å². The summed E-state index contributed by atoms with van der Waals surface area (Å²) in [6.07, 6.45) is 0. The van der Waals surface area contributed by atoms with E-state index in [1.165, 1.54) is 0 Å². The van der Waals surface area contributed by atoms with E-state index in [-0.39, 0.29) is 12.4 Å². The number of benzene rings is 2. The van der Waals surface area contributed by atoms with Crippen LogP contribution in [-0.2, 0) is 0 Å². The van der Waals surface area contributed by atoms with Crippen LogP contribution in [0.25, 0.3) is 0 Å². The lowest BCUT2D eigenvalue weighted by Crippen LogP contribution is -2.12. The van der Waals surface area contributed by atoms with Crippen LogP contribution in [0.1, 0.15) is 10.4 Å². The first kappa shape index (κ1) is 15.1. The van der Waals surface area contributed by atoms with Gasteiger partial charge in [0.1, 0.15) is 0 Å². The fraction of sp³-hybridized carbons (Fsp3) is 0.133. The average molecular weight is 400 g/mol.